The van der Waals surface area contributed by atoms with E-state index in [1.807, 2.05) is 6.92 Å². The van der Waals surface area contributed by atoms with Gasteiger partial charge in [-0.15, -0.1) is 0 Å². The molecule has 0 fully saturated rings. The first-order valence-electron chi connectivity index (χ1n) is 6.49. The number of rotatable bonds is 8. The highest BCUT2D eigenvalue weighted by Crippen LogP contribution is 2.03. The monoisotopic (exact) mass is 304 g/mol. The molecule has 5 N–H and O–H groups in total. The van der Waals surface area contributed by atoms with Crippen LogP contribution >= 0.6 is 11.8 Å². The van der Waals surface area contributed by atoms with Crippen molar-refractivity contribution in [3.05, 3.63) is 0 Å². The van der Waals surface area contributed by atoms with E-state index < -0.39 is 29.9 Å². The Bertz CT molecular complexity index is 350. The van der Waals surface area contributed by atoms with E-state index in [1.165, 1.54) is 18.8 Å². The van der Waals surface area contributed by atoms with Gasteiger partial charge >= 0.3 is 0 Å². The molecule has 20 heavy (non-hydrogen) atoms. The molecule has 0 rings (SSSR count). The van der Waals surface area contributed by atoms with Crippen molar-refractivity contribution in [3.8, 4) is 0 Å². The topological polar surface area (TPSA) is 113 Å². The van der Waals surface area contributed by atoms with Crippen LogP contribution in [-0.2, 0) is 14.4 Å². The molecule has 0 aromatic heterocycles. The Morgan fingerprint density at radius 2 is 1.70 bits per heavy atom. The van der Waals surface area contributed by atoms with Crippen LogP contribution in [0.15, 0.2) is 0 Å². The predicted molar refractivity (Wildman–Crippen MR) is 80.3 cm³/mol. The van der Waals surface area contributed by atoms with Crippen LogP contribution in [0.3, 0.4) is 0 Å². The molecule has 0 bridgehead atoms. The second-order valence-corrected chi connectivity index (χ2v) is 5.67. The summed E-state index contributed by atoms with van der Waals surface area (Å²) in [6.07, 6.45) is 0. The molecule has 0 aromatic carbocycles. The summed E-state index contributed by atoms with van der Waals surface area (Å²) in [5.41, 5.74) is 5.47. The lowest BCUT2D eigenvalue weighted by molar-refractivity contribution is -0.131. The van der Waals surface area contributed by atoms with Gasteiger partial charge in [0.2, 0.25) is 17.7 Å². The van der Waals surface area contributed by atoms with Crippen LogP contribution in [0.1, 0.15) is 20.8 Å². The van der Waals surface area contributed by atoms with E-state index in [0.29, 0.717) is 5.75 Å². The molecule has 0 aliphatic carbocycles. The van der Waals surface area contributed by atoms with E-state index in [4.69, 9.17) is 5.73 Å². The van der Waals surface area contributed by atoms with Gasteiger partial charge < -0.3 is 21.7 Å². The maximum absolute atomic E-state index is 12.1. The molecule has 0 saturated carbocycles. The molecule has 7 nitrogen and oxygen atoms in total. The summed E-state index contributed by atoms with van der Waals surface area (Å²) in [6, 6.07) is -2.05. The molecule has 0 aromatic rings. The van der Waals surface area contributed by atoms with Crippen LogP contribution in [0, 0.1) is 0 Å². The van der Waals surface area contributed by atoms with Gasteiger partial charge in [0.1, 0.15) is 12.1 Å². The van der Waals surface area contributed by atoms with Gasteiger partial charge in [-0.2, -0.15) is 11.8 Å². The minimum Gasteiger partial charge on any atom is -0.357 e. The normalized spacial score (nSPS) is 14.8. The molecule has 0 aliphatic heterocycles. The van der Waals surface area contributed by atoms with E-state index in [9.17, 15) is 14.4 Å². The first-order chi connectivity index (χ1) is 9.33. The number of carbonyl (C=O) groups excluding carboxylic acids is 3. The number of carbonyl (C=O) groups is 3. The first kappa shape index (κ1) is 18.7. The maximum Gasteiger partial charge on any atom is 0.244 e. The standard InChI is InChI=1S/C12H24N4O3S/c1-5-20-6-9(16-10(17)7(2)13)12(19)15-8(3)11(18)14-4/h7-9H,5-6,13H2,1-4H3,(H,14,18)(H,15,19)(H,16,17)/t7-,8+,9-/m0/s1. The fraction of sp³-hybridized carbons (Fsp3) is 0.750. The maximum atomic E-state index is 12.1. The molecule has 0 spiro atoms. The van der Waals surface area contributed by atoms with Crippen LogP contribution < -0.4 is 21.7 Å². The van der Waals surface area contributed by atoms with E-state index in [2.05, 4.69) is 16.0 Å². The van der Waals surface area contributed by atoms with Crippen molar-refractivity contribution >= 4 is 29.5 Å². The molecular formula is C12H24N4O3S. The van der Waals surface area contributed by atoms with Gasteiger partial charge in [-0.25, -0.2) is 0 Å². The fourth-order valence-corrected chi connectivity index (χ4v) is 2.02. The molecule has 0 radical (unpaired) electrons. The van der Waals surface area contributed by atoms with Crippen LogP contribution in [0.5, 0.6) is 0 Å². The van der Waals surface area contributed by atoms with Gasteiger partial charge in [-0.3, -0.25) is 14.4 Å². The van der Waals surface area contributed by atoms with Crippen molar-refractivity contribution in [2.75, 3.05) is 18.6 Å². The summed E-state index contributed by atoms with van der Waals surface area (Å²) in [6.45, 7) is 5.08. The lowest BCUT2D eigenvalue weighted by Crippen LogP contribution is -2.55. The second-order valence-electron chi connectivity index (χ2n) is 4.35. The Balaban J connectivity index is 4.63. The van der Waals surface area contributed by atoms with E-state index in [-0.39, 0.29) is 5.91 Å². The summed E-state index contributed by atoms with van der Waals surface area (Å²) < 4.78 is 0. The molecule has 0 saturated heterocycles. The van der Waals surface area contributed by atoms with Crippen molar-refractivity contribution in [1.82, 2.24) is 16.0 Å². The Kier molecular flexibility index (Phi) is 8.98. The highest BCUT2D eigenvalue weighted by molar-refractivity contribution is 7.99. The van der Waals surface area contributed by atoms with Gasteiger partial charge in [-0.05, 0) is 19.6 Å². The first-order valence-corrected chi connectivity index (χ1v) is 7.64. The molecular weight excluding hydrogens is 280 g/mol. The summed E-state index contributed by atoms with van der Waals surface area (Å²) >= 11 is 1.52. The highest BCUT2D eigenvalue weighted by Gasteiger charge is 2.24. The zero-order chi connectivity index (χ0) is 15.7. The smallest absolute Gasteiger partial charge is 0.244 e. The van der Waals surface area contributed by atoms with Crippen LogP contribution in [0.4, 0.5) is 0 Å². The lowest BCUT2D eigenvalue weighted by atomic mass is 10.2. The van der Waals surface area contributed by atoms with E-state index in [0.717, 1.165) is 5.75 Å². The molecule has 8 heteroatoms. The van der Waals surface area contributed by atoms with Crippen LogP contribution in [0.2, 0.25) is 0 Å². The average molecular weight is 304 g/mol. The predicted octanol–water partition coefficient (Wildman–Crippen LogP) is -1.18. The molecule has 3 amide bonds. The average Bonchev–Trinajstić information content (AvgIpc) is 2.41. The zero-order valence-corrected chi connectivity index (χ0v) is 13.2. The minimum absolute atomic E-state index is 0.293. The SMILES string of the molecule is CCSC[C@H](NC(=O)[C@H](C)N)C(=O)N[C@H](C)C(=O)NC. The van der Waals surface area contributed by atoms with E-state index >= 15 is 0 Å². The third kappa shape index (κ3) is 6.76. The number of hydrogen-bond donors (Lipinski definition) is 4. The quantitative estimate of drug-likeness (QED) is 0.451. The fourth-order valence-electron chi connectivity index (χ4n) is 1.32. The highest BCUT2D eigenvalue weighted by atomic mass is 32.2. The van der Waals surface area contributed by atoms with Gasteiger partial charge in [0.05, 0.1) is 6.04 Å². The Hall–Kier alpha value is -1.28. The van der Waals surface area contributed by atoms with E-state index in [1.54, 1.807) is 13.8 Å². The zero-order valence-electron chi connectivity index (χ0n) is 12.4. The van der Waals surface area contributed by atoms with Crippen LogP contribution in [-0.4, -0.2) is 54.4 Å². The Morgan fingerprint density at radius 1 is 1.10 bits per heavy atom. The lowest BCUT2D eigenvalue weighted by Gasteiger charge is -2.21. The van der Waals surface area contributed by atoms with Crippen LogP contribution in [0.25, 0.3) is 0 Å². The Morgan fingerprint density at radius 3 is 2.15 bits per heavy atom. The van der Waals surface area contributed by atoms with Crippen molar-refractivity contribution in [3.63, 3.8) is 0 Å². The number of nitrogens with one attached hydrogen (secondary N) is 3. The second kappa shape index (κ2) is 9.60. The summed E-state index contributed by atoms with van der Waals surface area (Å²) in [4.78, 5) is 35.0. The van der Waals surface area contributed by atoms with Crippen molar-refractivity contribution in [2.24, 2.45) is 5.73 Å². The van der Waals surface area contributed by atoms with Crippen molar-refractivity contribution < 1.29 is 14.4 Å². The molecule has 0 aliphatic rings. The number of hydrogen-bond acceptors (Lipinski definition) is 5. The number of nitrogens with two attached hydrogens (primary N) is 1. The summed E-state index contributed by atoms with van der Waals surface area (Å²) in [5.74, 6) is 0.175. The van der Waals surface area contributed by atoms with Crippen molar-refractivity contribution in [1.29, 1.82) is 0 Å². The summed E-state index contributed by atoms with van der Waals surface area (Å²) in [5, 5.41) is 7.59. The van der Waals surface area contributed by atoms with Gasteiger partial charge in [-0.1, -0.05) is 6.92 Å². The van der Waals surface area contributed by atoms with Gasteiger partial charge in [0, 0.05) is 12.8 Å². The number of thioether (sulfide) groups is 1. The largest absolute Gasteiger partial charge is 0.357 e. The van der Waals surface area contributed by atoms with Gasteiger partial charge in [0.25, 0.3) is 0 Å². The molecule has 0 unspecified atom stereocenters. The van der Waals surface area contributed by atoms with Gasteiger partial charge in [0.15, 0.2) is 0 Å². The molecule has 116 valence electrons. The molecule has 0 heterocycles. The number of likely N-dealkylation sites (N-methyl/N-ethyl adjacent to an activating group) is 1. The third-order valence-electron chi connectivity index (χ3n) is 2.53. The number of amides is 3. The Labute approximate surface area is 123 Å². The van der Waals surface area contributed by atoms with Crippen molar-refractivity contribution in [2.45, 2.75) is 38.9 Å². The summed E-state index contributed by atoms with van der Waals surface area (Å²) in [7, 11) is 1.49. The third-order valence-corrected chi connectivity index (χ3v) is 3.51. The minimum atomic E-state index is -0.703. The molecule has 3 atom stereocenters.